The van der Waals surface area contributed by atoms with Gasteiger partial charge in [-0.25, -0.2) is 0 Å². The van der Waals surface area contributed by atoms with Crippen LogP contribution >= 0.6 is 0 Å². The summed E-state index contributed by atoms with van der Waals surface area (Å²) in [6, 6.07) is 0. The molecule has 0 N–H and O–H groups in total. The van der Waals surface area contributed by atoms with Gasteiger partial charge in [-0.3, -0.25) is 4.79 Å². The van der Waals surface area contributed by atoms with Gasteiger partial charge in [0.05, 0.1) is 13.0 Å². The molecule has 0 radical (unpaired) electrons. The lowest BCUT2D eigenvalue weighted by atomic mass is 9.78. The van der Waals surface area contributed by atoms with E-state index in [9.17, 15) is 4.79 Å². The third-order valence-corrected chi connectivity index (χ3v) is 3.86. The van der Waals surface area contributed by atoms with Gasteiger partial charge in [-0.1, -0.05) is 11.6 Å². The highest BCUT2D eigenvalue weighted by molar-refractivity contribution is 5.72. The van der Waals surface area contributed by atoms with Crippen molar-refractivity contribution in [1.29, 1.82) is 0 Å². The molecule has 2 nitrogen and oxygen atoms in total. The first-order valence-electron chi connectivity index (χ1n) is 6.08. The largest absolute Gasteiger partial charge is 0.469 e. The average Bonchev–Trinajstić information content (AvgIpc) is 2.82. The molecule has 1 fully saturated rings. The minimum atomic E-state index is -0.00569. The summed E-state index contributed by atoms with van der Waals surface area (Å²) >= 11 is 0. The van der Waals surface area contributed by atoms with Crippen LogP contribution in [-0.4, -0.2) is 13.1 Å². The van der Waals surface area contributed by atoms with Crippen molar-refractivity contribution in [3.63, 3.8) is 0 Å². The molecule has 2 aliphatic rings. The first kappa shape index (κ1) is 10.7. The number of carbonyl (C=O) groups is 1. The number of rotatable bonds is 2. The lowest BCUT2D eigenvalue weighted by Gasteiger charge is -2.27. The van der Waals surface area contributed by atoms with Crippen molar-refractivity contribution >= 4 is 5.97 Å². The van der Waals surface area contributed by atoms with Crippen molar-refractivity contribution in [2.45, 2.75) is 44.9 Å². The zero-order chi connectivity index (χ0) is 10.7. The third kappa shape index (κ3) is 2.42. The molecule has 2 aliphatic carbocycles. The number of carbonyl (C=O) groups excluding carboxylic acids is 1. The van der Waals surface area contributed by atoms with Crippen molar-refractivity contribution in [2.24, 2.45) is 11.8 Å². The van der Waals surface area contributed by atoms with Gasteiger partial charge in [-0.2, -0.15) is 0 Å². The molecule has 84 valence electrons. The summed E-state index contributed by atoms with van der Waals surface area (Å²) in [5, 5.41) is 0. The summed E-state index contributed by atoms with van der Waals surface area (Å²) < 4.78 is 4.80. The summed E-state index contributed by atoms with van der Waals surface area (Å²) in [5.41, 5.74) is 1.67. The third-order valence-electron chi connectivity index (χ3n) is 3.86. The van der Waals surface area contributed by atoms with Gasteiger partial charge >= 0.3 is 5.97 Å². The Kier molecular flexibility index (Phi) is 3.45. The molecule has 0 aromatic rings. The normalized spacial score (nSPS) is 31.1. The standard InChI is InChI=1S/C13H20O2/c1-15-13(14)12-8-6-11(7-9-12)10-4-2-3-5-10/h4,11-12H,2-3,5-9H2,1H3. The van der Waals surface area contributed by atoms with Crippen LogP contribution in [-0.2, 0) is 9.53 Å². The summed E-state index contributed by atoms with van der Waals surface area (Å²) in [6.07, 6.45) is 10.7. The molecular weight excluding hydrogens is 188 g/mol. The van der Waals surface area contributed by atoms with Gasteiger partial charge in [-0.05, 0) is 50.9 Å². The van der Waals surface area contributed by atoms with Gasteiger partial charge in [0, 0.05) is 0 Å². The van der Waals surface area contributed by atoms with Crippen molar-refractivity contribution < 1.29 is 9.53 Å². The zero-order valence-electron chi connectivity index (χ0n) is 9.50. The Labute approximate surface area is 91.7 Å². The predicted molar refractivity (Wildman–Crippen MR) is 59.4 cm³/mol. The number of esters is 1. The van der Waals surface area contributed by atoms with Gasteiger partial charge in [-0.15, -0.1) is 0 Å². The van der Waals surface area contributed by atoms with E-state index < -0.39 is 0 Å². The maximum atomic E-state index is 11.4. The molecule has 0 bridgehead atoms. The van der Waals surface area contributed by atoms with E-state index in [2.05, 4.69) is 6.08 Å². The summed E-state index contributed by atoms with van der Waals surface area (Å²) in [5.74, 6) is 0.940. The van der Waals surface area contributed by atoms with Crippen LogP contribution in [0.5, 0.6) is 0 Å². The molecule has 0 aromatic carbocycles. The second kappa shape index (κ2) is 4.82. The Morgan fingerprint density at radius 3 is 2.60 bits per heavy atom. The highest BCUT2D eigenvalue weighted by Gasteiger charge is 2.28. The minimum Gasteiger partial charge on any atom is -0.469 e. The van der Waals surface area contributed by atoms with Crippen molar-refractivity contribution in [2.75, 3.05) is 7.11 Å². The van der Waals surface area contributed by atoms with E-state index in [1.54, 1.807) is 5.57 Å². The van der Waals surface area contributed by atoms with Gasteiger partial charge in [0.1, 0.15) is 0 Å². The van der Waals surface area contributed by atoms with Crippen LogP contribution in [0.15, 0.2) is 11.6 Å². The molecule has 2 heteroatoms. The van der Waals surface area contributed by atoms with Gasteiger partial charge < -0.3 is 4.74 Å². The monoisotopic (exact) mass is 208 g/mol. The van der Waals surface area contributed by atoms with Crippen LogP contribution in [0.25, 0.3) is 0 Å². The van der Waals surface area contributed by atoms with Crippen LogP contribution in [0.4, 0.5) is 0 Å². The SMILES string of the molecule is COC(=O)C1CCC(C2=CCCC2)CC1. The fourth-order valence-electron chi connectivity index (χ4n) is 2.93. The number of hydrogen-bond acceptors (Lipinski definition) is 2. The fourth-order valence-corrected chi connectivity index (χ4v) is 2.93. The lowest BCUT2D eigenvalue weighted by molar-refractivity contribution is -0.146. The molecule has 0 atom stereocenters. The number of hydrogen-bond donors (Lipinski definition) is 0. The zero-order valence-corrected chi connectivity index (χ0v) is 9.50. The van der Waals surface area contributed by atoms with Crippen LogP contribution in [0.3, 0.4) is 0 Å². The van der Waals surface area contributed by atoms with Crippen molar-refractivity contribution in [3.8, 4) is 0 Å². The van der Waals surface area contributed by atoms with Crippen LogP contribution < -0.4 is 0 Å². The second-order valence-electron chi connectivity index (χ2n) is 4.74. The van der Waals surface area contributed by atoms with Crippen LogP contribution in [0.2, 0.25) is 0 Å². The Hall–Kier alpha value is -0.790. The van der Waals surface area contributed by atoms with Crippen molar-refractivity contribution in [3.05, 3.63) is 11.6 Å². The lowest BCUT2D eigenvalue weighted by Crippen LogP contribution is -2.23. The van der Waals surface area contributed by atoms with E-state index in [-0.39, 0.29) is 11.9 Å². The predicted octanol–water partition coefficient (Wildman–Crippen LogP) is 3.08. The van der Waals surface area contributed by atoms with E-state index in [0.717, 1.165) is 18.8 Å². The van der Waals surface area contributed by atoms with Gasteiger partial charge in [0.15, 0.2) is 0 Å². The van der Waals surface area contributed by atoms with Gasteiger partial charge in [0.25, 0.3) is 0 Å². The van der Waals surface area contributed by atoms with Crippen LogP contribution in [0.1, 0.15) is 44.9 Å². The van der Waals surface area contributed by atoms with Gasteiger partial charge in [0.2, 0.25) is 0 Å². The molecule has 0 spiro atoms. The summed E-state index contributed by atoms with van der Waals surface area (Å²) in [7, 11) is 1.49. The minimum absolute atomic E-state index is 0.00569. The molecule has 1 saturated carbocycles. The molecular formula is C13H20O2. The first-order chi connectivity index (χ1) is 7.31. The van der Waals surface area contributed by atoms with E-state index in [0.29, 0.717) is 0 Å². The Bertz CT molecular complexity index is 260. The Morgan fingerprint density at radius 1 is 1.33 bits per heavy atom. The number of ether oxygens (including phenoxy) is 1. The first-order valence-corrected chi connectivity index (χ1v) is 6.08. The smallest absolute Gasteiger partial charge is 0.308 e. The number of allylic oxidation sites excluding steroid dienone is 2. The maximum absolute atomic E-state index is 11.4. The molecule has 0 unspecified atom stereocenters. The molecule has 0 aliphatic heterocycles. The topological polar surface area (TPSA) is 26.3 Å². The summed E-state index contributed by atoms with van der Waals surface area (Å²) in [6.45, 7) is 0. The number of methoxy groups -OCH3 is 1. The quantitative estimate of drug-likeness (QED) is 0.515. The molecule has 0 heterocycles. The second-order valence-corrected chi connectivity index (χ2v) is 4.74. The molecule has 15 heavy (non-hydrogen) atoms. The van der Waals surface area contributed by atoms with E-state index in [4.69, 9.17) is 4.74 Å². The maximum Gasteiger partial charge on any atom is 0.308 e. The summed E-state index contributed by atoms with van der Waals surface area (Å²) in [4.78, 5) is 11.4. The van der Waals surface area contributed by atoms with Crippen molar-refractivity contribution in [1.82, 2.24) is 0 Å². The molecule has 2 rings (SSSR count). The highest BCUT2D eigenvalue weighted by Crippen LogP contribution is 2.37. The Morgan fingerprint density at radius 2 is 2.07 bits per heavy atom. The van der Waals surface area contributed by atoms with E-state index in [1.165, 1.54) is 39.2 Å². The average molecular weight is 208 g/mol. The van der Waals surface area contributed by atoms with Crippen LogP contribution in [0, 0.1) is 11.8 Å². The van der Waals surface area contributed by atoms with E-state index in [1.807, 2.05) is 0 Å². The molecule has 0 aromatic heterocycles. The molecule has 0 amide bonds. The molecule has 0 saturated heterocycles. The highest BCUT2D eigenvalue weighted by atomic mass is 16.5. The fraction of sp³-hybridized carbons (Fsp3) is 0.769. The van der Waals surface area contributed by atoms with E-state index >= 15 is 0 Å². The Balaban J connectivity index is 1.84.